The van der Waals surface area contributed by atoms with E-state index in [0.29, 0.717) is 23.6 Å². The van der Waals surface area contributed by atoms with Gasteiger partial charge in [-0.1, -0.05) is 12.5 Å². The minimum atomic E-state index is 0.434. The van der Waals surface area contributed by atoms with Crippen LogP contribution in [0.1, 0.15) is 37.7 Å². The monoisotopic (exact) mass is 285 g/mol. The summed E-state index contributed by atoms with van der Waals surface area (Å²) in [5.74, 6) is 1.42. The second kappa shape index (κ2) is 6.36. The molecule has 1 aliphatic carbocycles. The van der Waals surface area contributed by atoms with Crippen molar-refractivity contribution in [3.8, 4) is 11.8 Å². The van der Waals surface area contributed by atoms with Gasteiger partial charge in [0.05, 0.1) is 18.4 Å². The van der Waals surface area contributed by atoms with Crippen LogP contribution in [0, 0.1) is 17.2 Å². The first-order chi connectivity index (χ1) is 10.3. The van der Waals surface area contributed by atoms with Crippen LogP contribution in [-0.4, -0.2) is 25.7 Å². The molecule has 3 rings (SSSR count). The summed E-state index contributed by atoms with van der Waals surface area (Å²) in [6.45, 7) is 1.14. The molecule has 112 valence electrons. The molecule has 3 unspecified atom stereocenters. The van der Waals surface area contributed by atoms with E-state index in [1.807, 2.05) is 18.2 Å². The predicted molar refractivity (Wildman–Crippen MR) is 83.5 cm³/mol. The largest absolute Gasteiger partial charge is 0.495 e. The molecule has 0 aromatic heterocycles. The summed E-state index contributed by atoms with van der Waals surface area (Å²) in [7, 11) is 1.66. The van der Waals surface area contributed by atoms with Gasteiger partial charge in [0.1, 0.15) is 11.8 Å². The second-order valence-corrected chi connectivity index (χ2v) is 6.04. The van der Waals surface area contributed by atoms with Gasteiger partial charge in [0.15, 0.2) is 0 Å². The van der Waals surface area contributed by atoms with Crippen LogP contribution in [0.4, 0.5) is 5.69 Å². The Hall–Kier alpha value is -1.73. The third-order valence-electron chi connectivity index (χ3n) is 4.88. The molecule has 1 saturated heterocycles. The van der Waals surface area contributed by atoms with E-state index >= 15 is 0 Å². The van der Waals surface area contributed by atoms with Gasteiger partial charge in [0.2, 0.25) is 0 Å². The molecule has 0 amide bonds. The number of benzene rings is 1. The van der Waals surface area contributed by atoms with E-state index in [0.717, 1.165) is 18.0 Å². The van der Waals surface area contributed by atoms with E-state index in [1.165, 1.54) is 32.1 Å². The van der Waals surface area contributed by atoms with Crippen molar-refractivity contribution in [1.29, 1.82) is 5.26 Å². The number of nitrogens with one attached hydrogen (secondary N) is 2. The maximum Gasteiger partial charge on any atom is 0.143 e. The summed E-state index contributed by atoms with van der Waals surface area (Å²) in [5, 5.41) is 16.6. The van der Waals surface area contributed by atoms with E-state index in [1.54, 1.807) is 7.11 Å². The molecule has 2 N–H and O–H groups in total. The zero-order chi connectivity index (χ0) is 14.7. The lowest BCUT2D eigenvalue weighted by atomic mass is 9.92. The van der Waals surface area contributed by atoms with Crippen LogP contribution in [-0.2, 0) is 0 Å². The van der Waals surface area contributed by atoms with Crippen molar-refractivity contribution in [3.05, 3.63) is 23.8 Å². The van der Waals surface area contributed by atoms with Crippen LogP contribution in [0.5, 0.6) is 5.75 Å². The highest BCUT2D eigenvalue weighted by molar-refractivity contribution is 5.66. The fourth-order valence-corrected chi connectivity index (χ4v) is 3.86. The summed E-state index contributed by atoms with van der Waals surface area (Å²) in [6.07, 6.45) is 6.27. The zero-order valence-corrected chi connectivity index (χ0v) is 12.6. The number of nitriles is 1. The molecule has 4 heteroatoms. The Morgan fingerprint density at radius 2 is 2.19 bits per heavy atom. The summed E-state index contributed by atoms with van der Waals surface area (Å²) in [4.78, 5) is 0. The molecule has 1 saturated carbocycles. The smallest absolute Gasteiger partial charge is 0.143 e. The summed E-state index contributed by atoms with van der Waals surface area (Å²) in [5.41, 5.74) is 1.52. The van der Waals surface area contributed by atoms with Gasteiger partial charge in [-0.15, -0.1) is 0 Å². The third kappa shape index (κ3) is 2.84. The number of anilines is 1. The average molecular weight is 285 g/mol. The van der Waals surface area contributed by atoms with E-state index < -0.39 is 0 Å². The van der Waals surface area contributed by atoms with Crippen LogP contribution in [0.15, 0.2) is 18.2 Å². The number of hydrogen-bond donors (Lipinski definition) is 2. The lowest BCUT2D eigenvalue weighted by molar-refractivity contribution is 0.373. The summed E-state index contributed by atoms with van der Waals surface area (Å²) in [6, 6.07) is 8.97. The Morgan fingerprint density at radius 3 is 2.90 bits per heavy atom. The Kier molecular flexibility index (Phi) is 4.31. The number of ether oxygens (including phenoxy) is 1. The van der Waals surface area contributed by atoms with Crippen LogP contribution >= 0.6 is 0 Å². The van der Waals surface area contributed by atoms with E-state index in [4.69, 9.17) is 4.74 Å². The summed E-state index contributed by atoms with van der Waals surface area (Å²) >= 11 is 0. The summed E-state index contributed by atoms with van der Waals surface area (Å²) < 4.78 is 5.43. The van der Waals surface area contributed by atoms with E-state index in [9.17, 15) is 5.26 Å². The van der Waals surface area contributed by atoms with Gasteiger partial charge < -0.3 is 15.4 Å². The normalized spacial score (nSPS) is 28.3. The molecule has 1 aromatic carbocycles. The van der Waals surface area contributed by atoms with Gasteiger partial charge in [-0.25, -0.2) is 0 Å². The lowest BCUT2D eigenvalue weighted by Gasteiger charge is -2.28. The van der Waals surface area contributed by atoms with Gasteiger partial charge in [-0.3, -0.25) is 0 Å². The molecule has 0 spiro atoms. The SMILES string of the molecule is COc1cccc(C#N)c1NC1CCCC1C1CCCN1. The zero-order valence-electron chi connectivity index (χ0n) is 12.6. The number of nitrogens with zero attached hydrogens (tertiary/aromatic N) is 1. The molecule has 21 heavy (non-hydrogen) atoms. The minimum absolute atomic E-state index is 0.434. The van der Waals surface area contributed by atoms with Crippen molar-refractivity contribution in [2.45, 2.75) is 44.2 Å². The number of para-hydroxylation sites is 1. The van der Waals surface area contributed by atoms with Crippen molar-refractivity contribution in [3.63, 3.8) is 0 Å². The topological polar surface area (TPSA) is 57.1 Å². The van der Waals surface area contributed by atoms with Crippen molar-refractivity contribution in [2.75, 3.05) is 19.0 Å². The van der Waals surface area contributed by atoms with Gasteiger partial charge in [0, 0.05) is 12.1 Å². The van der Waals surface area contributed by atoms with Crippen LogP contribution in [0.3, 0.4) is 0 Å². The molecule has 0 bridgehead atoms. The highest BCUT2D eigenvalue weighted by Gasteiger charge is 2.35. The third-order valence-corrected chi connectivity index (χ3v) is 4.88. The Balaban J connectivity index is 1.81. The predicted octanol–water partition coefficient (Wildman–Crippen LogP) is 2.90. The molecule has 2 aliphatic rings. The van der Waals surface area contributed by atoms with Crippen molar-refractivity contribution in [2.24, 2.45) is 5.92 Å². The Bertz CT molecular complexity index is 531. The Morgan fingerprint density at radius 1 is 1.29 bits per heavy atom. The maximum atomic E-state index is 9.33. The van der Waals surface area contributed by atoms with Crippen molar-refractivity contribution in [1.82, 2.24) is 5.32 Å². The first-order valence-corrected chi connectivity index (χ1v) is 7.90. The molecule has 1 aromatic rings. The number of methoxy groups -OCH3 is 1. The van der Waals surface area contributed by atoms with Gasteiger partial charge in [-0.05, 0) is 50.3 Å². The van der Waals surface area contributed by atoms with Gasteiger partial charge in [-0.2, -0.15) is 5.26 Å². The van der Waals surface area contributed by atoms with E-state index in [2.05, 4.69) is 16.7 Å². The maximum absolute atomic E-state index is 9.33. The fraction of sp³-hybridized carbons (Fsp3) is 0.588. The lowest BCUT2D eigenvalue weighted by Crippen LogP contribution is -2.38. The molecule has 4 nitrogen and oxygen atoms in total. The second-order valence-electron chi connectivity index (χ2n) is 6.04. The average Bonchev–Trinajstić information content (AvgIpc) is 3.18. The molecular formula is C17H23N3O. The number of rotatable bonds is 4. The first-order valence-electron chi connectivity index (χ1n) is 7.90. The van der Waals surface area contributed by atoms with Gasteiger partial charge >= 0.3 is 0 Å². The van der Waals surface area contributed by atoms with Crippen molar-refractivity contribution < 1.29 is 4.74 Å². The van der Waals surface area contributed by atoms with Crippen LogP contribution in [0.25, 0.3) is 0 Å². The van der Waals surface area contributed by atoms with Gasteiger partial charge in [0.25, 0.3) is 0 Å². The molecular weight excluding hydrogens is 262 g/mol. The molecule has 1 aliphatic heterocycles. The van der Waals surface area contributed by atoms with Crippen LogP contribution in [0.2, 0.25) is 0 Å². The first kappa shape index (κ1) is 14.2. The quantitative estimate of drug-likeness (QED) is 0.893. The standard InChI is InChI=1S/C17H23N3O/c1-21-16-9-2-5-12(11-18)17(16)20-15-7-3-6-13(15)14-8-4-10-19-14/h2,5,9,13-15,19-20H,3-4,6-8,10H2,1H3. The number of hydrogen-bond acceptors (Lipinski definition) is 4. The minimum Gasteiger partial charge on any atom is -0.495 e. The highest BCUT2D eigenvalue weighted by Crippen LogP contribution is 2.37. The van der Waals surface area contributed by atoms with Crippen molar-refractivity contribution >= 4 is 5.69 Å². The van der Waals surface area contributed by atoms with E-state index in [-0.39, 0.29) is 0 Å². The molecule has 0 radical (unpaired) electrons. The highest BCUT2D eigenvalue weighted by atomic mass is 16.5. The molecule has 3 atom stereocenters. The van der Waals surface area contributed by atoms with Crippen LogP contribution < -0.4 is 15.4 Å². The fourth-order valence-electron chi connectivity index (χ4n) is 3.86. The molecule has 1 heterocycles. The Labute approximate surface area is 126 Å². The molecule has 2 fully saturated rings.